The maximum Gasteiger partial charge on any atom is 0.292 e. The molecule has 3 heterocycles. The zero-order chi connectivity index (χ0) is 19.0. The van der Waals surface area contributed by atoms with Gasteiger partial charge in [0.15, 0.2) is 0 Å². The molecule has 1 aliphatic carbocycles. The number of ether oxygens (including phenoxy) is 1. The van der Waals surface area contributed by atoms with Crippen LogP contribution < -0.4 is 16.8 Å². The Balaban J connectivity index is 1.66. The molecule has 27 heavy (non-hydrogen) atoms. The molecule has 1 aliphatic heterocycles. The topological polar surface area (TPSA) is 149 Å². The Bertz CT molecular complexity index is 899. The second kappa shape index (κ2) is 6.99. The van der Waals surface area contributed by atoms with Gasteiger partial charge in [-0.3, -0.25) is 5.41 Å². The Morgan fingerprint density at radius 3 is 2.81 bits per heavy atom. The first-order chi connectivity index (χ1) is 13.0. The lowest BCUT2D eigenvalue weighted by molar-refractivity contribution is 0.0904. The first kappa shape index (κ1) is 17.5. The fourth-order valence-corrected chi connectivity index (χ4v) is 3.59. The van der Waals surface area contributed by atoms with E-state index in [1.54, 1.807) is 0 Å². The van der Waals surface area contributed by atoms with E-state index in [0.717, 1.165) is 24.2 Å². The molecule has 1 atom stereocenters. The molecule has 9 heteroatoms. The molecule has 2 aliphatic rings. The number of aromatic nitrogens is 3. The van der Waals surface area contributed by atoms with Gasteiger partial charge in [0.2, 0.25) is 0 Å². The van der Waals surface area contributed by atoms with Crippen molar-refractivity contribution in [2.45, 2.75) is 38.1 Å². The van der Waals surface area contributed by atoms with Crippen molar-refractivity contribution in [3.05, 3.63) is 28.9 Å². The maximum atomic E-state index is 8.78. The van der Waals surface area contributed by atoms with Crippen molar-refractivity contribution in [1.82, 2.24) is 15.0 Å². The summed E-state index contributed by atoms with van der Waals surface area (Å²) in [5, 5.41) is 12.2. The predicted molar refractivity (Wildman–Crippen MR) is 103 cm³/mol. The Kier molecular flexibility index (Phi) is 4.53. The largest absolute Gasteiger partial charge is 0.428 e. The molecule has 9 nitrogen and oxygen atoms in total. The van der Waals surface area contributed by atoms with Crippen LogP contribution in [0.15, 0.2) is 16.3 Å². The number of hydrogen-bond acceptors (Lipinski definition) is 9. The van der Waals surface area contributed by atoms with Gasteiger partial charge in [0.05, 0.1) is 11.3 Å². The van der Waals surface area contributed by atoms with Gasteiger partial charge in [0.25, 0.3) is 6.01 Å². The summed E-state index contributed by atoms with van der Waals surface area (Å²) in [6.45, 7) is 3.45. The van der Waals surface area contributed by atoms with Crippen molar-refractivity contribution in [2.24, 2.45) is 0 Å². The predicted octanol–water partition coefficient (Wildman–Crippen LogP) is 2.18. The van der Waals surface area contributed by atoms with Gasteiger partial charge in [-0.25, -0.2) is 9.97 Å². The van der Waals surface area contributed by atoms with Crippen molar-refractivity contribution in [2.75, 3.05) is 30.0 Å². The summed E-state index contributed by atoms with van der Waals surface area (Å²) >= 11 is 0. The number of anilines is 3. The van der Waals surface area contributed by atoms with Gasteiger partial charge in [0.1, 0.15) is 29.4 Å². The van der Waals surface area contributed by atoms with Crippen molar-refractivity contribution >= 4 is 29.4 Å². The molecule has 0 saturated carbocycles. The van der Waals surface area contributed by atoms with E-state index in [0.29, 0.717) is 42.4 Å². The van der Waals surface area contributed by atoms with E-state index in [1.807, 2.05) is 13.0 Å². The summed E-state index contributed by atoms with van der Waals surface area (Å²) in [4.78, 5) is 12.7. The number of nitrogens with zero attached hydrogens (tertiary/aromatic N) is 3. The highest BCUT2D eigenvalue weighted by molar-refractivity contribution is 6.18. The highest BCUT2D eigenvalue weighted by Gasteiger charge is 2.28. The number of hydrogen-bond donors (Lipinski definition) is 4. The van der Waals surface area contributed by atoms with Gasteiger partial charge < -0.3 is 25.9 Å². The number of nitrogens with two attached hydrogens (primary N) is 2. The summed E-state index contributed by atoms with van der Waals surface area (Å²) in [7, 11) is 0. The molecule has 0 spiro atoms. The Hall–Kier alpha value is -2.94. The monoisotopic (exact) mass is 369 g/mol. The van der Waals surface area contributed by atoms with Crippen LogP contribution in [-0.4, -0.2) is 39.9 Å². The van der Waals surface area contributed by atoms with E-state index < -0.39 is 0 Å². The Labute approximate surface area is 156 Å². The zero-order valence-electron chi connectivity index (χ0n) is 15.2. The molecule has 0 bridgehead atoms. The molecule has 1 unspecified atom stereocenters. The van der Waals surface area contributed by atoms with E-state index in [1.165, 1.54) is 6.33 Å². The number of nitrogen functional groups attached to an aromatic ring is 2. The Morgan fingerprint density at radius 2 is 2.04 bits per heavy atom. The zero-order valence-corrected chi connectivity index (χ0v) is 15.2. The minimum absolute atomic E-state index is 0.0721. The number of fused-ring (bicyclic) bond motifs is 1. The molecule has 0 radical (unpaired) electrons. The third-order valence-corrected chi connectivity index (χ3v) is 4.99. The number of rotatable bonds is 4. The molecular formula is C18H23N7O2. The first-order valence-corrected chi connectivity index (χ1v) is 9.03. The quantitative estimate of drug-likeness (QED) is 0.599. The molecule has 1 saturated heterocycles. The van der Waals surface area contributed by atoms with Gasteiger partial charge in [0, 0.05) is 25.2 Å². The lowest BCUT2D eigenvalue weighted by Gasteiger charge is -2.25. The average Bonchev–Trinajstić information content (AvgIpc) is 3.03. The van der Waals surface area contributed by atoms with Crippen LogP contribution in [0.5, 0.6) is 0 Å². The van der Waals surface area contributed by atoms with E-state index in [2.05, 4.69) is 20.3 Å². The summed E-state index contributed by atoms with van der Waals surface area (Å²) in [6.07, 6.45) is 5.66. The fourth-order valence-electron chi connectivity index (χ4n) is 3.59. The molecule has 0 aromatic carbocycles. The molecule has 0 amide bonds. The molecule has 4 rings (SSSR count). The van der Waals surface area contributed by atoms with Crippen LogP contribution in [-0.2, 0) is 4.74 Å². The number of oxazole rings is 1. The molecule has 2 aromatic rings. The third-order valence-electron chi connectivity index (χ3n) is 4.99. The van der Waals surface area contributed by atoms with Gasteiger partial charge in [-0.05, 0) is 30.9 Å². The van der Waals surface area contributed by atoms with E-state index in [4.69, 9.17) is 26.0 Å². The van der Waals surface area contributed by atoms with Gasteiger partial charge in [-0.15, -0.1) is 0 Å². The van der Waals surface area contributed by atoms with Gasteiger partial charge in [-0.2, -0.15) is 4.98 Å². The fraction of sp³-hybridized carbons (Fsp3) is 0.444. The first-order valence-electron chi connectivity index (χ1n) is 9.03. The Morgan fingerprint density at radius 1 is 1.26 bits per heavy atom. The van der Waals surface area contributed by atoms with Crippen LogP contribution >= 0.6 is 0 Å². The van der Waals surface area contributed by atoms with Crippen LogP contribution in [0.2, 0.25) is 0 Å². The van der Waals surface area contributed by atoms with Crippen LogP contribution in [0.1, 0.15) is 49.1 Å². The summed E-state index contributed by atoms with van der Waals surface area (Å²) in [5.41, 5.74) is 14.1. The normalized spacial score (nSPS) is 20.0. The summed E-state index contributed by atoms with van der Waals surface area (Å²) in [5.74, 6) is 1.69. The summed E-state index contributed by atoms with van der Waals surface area (Å²) < 4.78 is 10.9. The lowest BCUT2D eigenvalue weighted by atomic mass is 9.87. The molecule has 2 aromatic heterocycles. The highest BCUT2D eigenvalue weighted by Crippen LogP contribution is 2.36. The van der Waals surface area contributed by atoms with Crippen LogP contribution in [0.4, 0.5) is 17.7 Å². The van der Waals surface area contributed by atoms with Gasteiger partial charge in [-0.1, -0.05) is 6.92 Å². The van der Waals surface area contributed by atoms with Crippen LogP contribution in [0.25, 0.3) is 6.08 Å². The van der Waals surface area contributed by atoms with E-state index >= 15 is 0 Å². The van der Waals surface area contributed by atoms with E-state index in [-0.39, 0.29) is 23.8 Å². The second-order valence-corrected chi connectivity index (χ2v) is 6.96. The number of nitrogens with one attached hydrogen (secondary N) is 2. The molecular weight excluding hydrogens is 346 g/mol. The highest BCUT2D eigenvalue weighted by atomic mass is 16.5. The summed E-state index contributed by atoms with van der Waals surface area (Å²) in [6, 6.07) is 0.376. The minimum atomic E-state index is 0.0721. The average molecular weight is 369 g/mol. The van der Waals surface area contributed by atoms with Crippen LogP contribution in [0, 0.1) is 5.41 Å². The van der Waals surface area contributed by atoms with Crippen molar-refractivity contribution < 1.29 is 9.15 Å². The molecule has 1 fully saturated rings. The SMILES string of the molecule is CC1CC(C(=N)c2c(N)ncnc2NC2CCOCC2)=Cc2nc(N)oc21. The molecule has 142 valence electrons. The van der Waals surface area contributed by atoms with Crippen molar-refractivity contribution in [3.8, 4) is 0 Å². The van der Waals surface area contributed by atoms with Crippen molar-refractivity contribution in [1.29, 1.82) is 5.41 Å². The third kappa shape index (κ3) is 3.37. The van der Waals surface area contributed by atoms with Crippen molar-refractivity contribution in [3.63, 3.8) is 0 Å². The maximum absolute atomic E-state index is 8.78. The molecule has 6 N–H and O–H groups in total. The smallest absolute Gasteiger partial charge is 0.292 e. The standard InChI is InChI=1S/C18H23N7O2/c1-9-6-10(7-12-15(9)27-18(21)25-12)14(19)13-16(20)22-8-23-17(13)24-11-2-4-26-5-3-11/h7-9,11,19H,2-6H2,1H3,(H2,21,25)(H3,20,22,23,24). The lowest BCUT2D eigenvalue weighted by Crippen LogP contribution is -2.29. The van der Waals surface area contributed by atoms with Gasteiger partial charge >= 0.3 is 0 Å². The van der Waals surface area contributed by atoms with Crippen LogP contribution in [0.3, 0.4) is 0 Å². The number of allylic oxidation sites excluding steroid dienone is 1. The van der Waals surface area contributed by atoms with E-state index in [9.17, 15) is 0 Å². The minimum Gasteiger partial charge on any atom is -0.428 e. The second-order valence-electron chi connectivity index (χ2n) is 6.96.